The number of methoxy groups -OCH3 is 2. The van der Waals surface area contributed by atoms with Crippen LogP contribution in [0.3, 0.4) is 0 Å². The topological polar surface area (TPSA) is 80.3 Å². The fraction of sp³-hybridized carbons (Fsp3) is 0.227. The van der Waals surface area contributed by atoms with Gasteiger partial charge in [-0.1, -0.05) is 18.2 Å². The number of aromatic nitrogens is 4. The van der Waals surface area contributed by atoms with Gasteiger partial charge in [0.15, 0.2) is 11.2 Å². The van der Waals surface area contributed by atoms with Gasteiger partial charge in [0.05, 0.1) is 32.3 Å². The summed E-state index contributed by atoms with van der Waals surface area (Å²) in [6.07, 6.45) is 1.50. The minimum Gasteiger partial charge on any atom is -0.497 e. The molecule has 0 atom stereocenters. The number of imidazole rings is 1. The van der Waals surface area contributed by atoms with Gasteiger partial charge in [-0.15, -0.1) is 0 Å². The van der Waals surface area contributed by atoms with Crippen molar-refractivity contribution in [2.75, 3.05) is 20.8 Å². The van der Waals surface area contributed by atoms with Gasteiger partial charge < -0.3 is 14.0 Å². The average molecular weight is 424 g/mol. The Kier molecular flexibility index (Phi) is 5.68. The predicted octanol–water partition coefficient (Wildman–Crippen LogP) is 2.19. The van der Waals surface area contributed by atoms with E-state index in [4.69, 9.17) is 9.47 Å². The van der Waals surface area contributed by atoms with Crippen LogP contribution in [0.25, 0.3) is 16.9 Å². The van der Waals surface area contributed by atoms with Crippen molar-refractivity contribution in [2.24, 2.45) is 0 Å². The van der Waals surface area contributed by atoms with Crippen molar-refractivity contribution < 1.29 is 13.9 Å². The van der Waals surface area contributed by atoms with Crippen molar-refractivity contribution in [3.8, 4) is 11.4 Å². The third kappa shape index (κ3) is 3.87. The number of fused-ring (bicyclic) bond motifs is 1. The van der Waals surface area contributed by atoms with Crippen LogP contribution in [0.15, 0.2) is 64.4 Å². The monoisotopic (exact) mass is 424 g/mol. The van der Waals surface area contributed by atoms with Crippen molar-refractivity contribution >= 4 is 11.2 Å². The quantitative estimate of drug-likeness (QED) is 0.454. The molecule has 4 aromatic rings. The van der Waals surface area contributed by atoms with Gasteiger partial charge in [0, 0.05) is 13.7 Å². The molecule has 9 heteroatoms. The molecule has 2 aromatic carbocycles. The van der Waals surface area contributed by atoms with Crippen LogP contribution in [0.2, 0.25) is 0 Å². The zero-order valence-corrected chi connectivity index (χ0v) is 17.1. The molecule has 160 valence electrons. The van der Waals surface area contributed by atoms with Crippen LogP contribution in [0.1, 0.15) is 5.56 Å². The van der Waals surface area contributed by atoms with E-state index in [-0.39, 0.29) is 30.0 Å². The van der Waals surface area contributed by atoms with E-state index in [9.17, 15) is 14.0 Å². The van der Waals surface area contributed by atoms with E-state index >= 15 is 0 Å². The van der Waals surface area contributed by atoms with Gasteiger partial charge in [-0.25, -0.2) is 18.7 Å². The summed E-state index contributed by atoms with van der Waals surface area (Å²) in [7, 11) is 3.07. The van der Waals surface area contributed by atoms with E-state index in [1.165, 1.54) is 36.2 Å². The molecule has 0 unspecified atom stereocenters. The van der Waals surface area contributed by atoms with Crippen molar-refractivity contribution in [1.82, 2.24) is 18.7 Å². The molecule has 0 aliphatic heterocycles. The summed E-state index contributed by atoms with van der Waals surface area (Å²) >= 11 is 0. The van der Waals surface area contributed by atoms with Gasteiger partial charge in [0.25, 0.3) is 5.56 Å². The van der Waals surface area contributed by atoms with Gasteiger partial charge in [-0.3, -0.25) is 9.36 Å². The van der Waals surface area contributed by atoms with Crippen molar-refractivity contribution in [3.63, 3.8) is 0 Å². The summed E-state index contributed by atoms with van der Waals surface area (Å²) in [5, 5.41) is 0. The summed E-state index contributed by atoms with van der Waals surface area (Å²) in [6.45, 7) is 0.576. The Morgan fingerprint density at radius 1 is 1.06 bits per heavy atom. The molecule has 0 radical (unpaired) electrons. The van der Waals surface area contributed by atoms with Gasteiger partial charge in [-0.05, 0) is 35.9 Å². The molecular formula is C22H21FN4O4. The van der Waals surface area contributed by atoms with E-state index in [1.807, 2.05) is 24.3 Å². The molecule has 0 aliphatic rings. The Labute approximate surface area is 176 Å². The van der Waals surface area contributed by atoms with Crippen LogP contribution >= 0.6 is 0 Å². The third-order valence-electron chi connectivity index (χ3n) is 4.97. The maximum atomic E-state index is 13.9. The third-order valence-corrected chi connectivity index (χ3v) is 4.97. The van der Waals surface area contributed by atoms with Crippen LogP contribution in [0.5, 0.6) is 5.75 Å². The zero-order chi connectivity index (χ0) is 22.0. The molecule has 0 aliphatic carbocycles. The lowest BCUT2D eigenvalue weighted by Crippen LogP contribution is -2.41. The molecule has 8 nitrogen and oxygen atoms in total. The number of halogens is 1. The van der Waals surface area contributed by atoms with E-state index in [2.05, 4.69) is 4.98 Å². The van der Waals surface area contributed by atoms with E-state index < -0.39 is 17.1 Å². The maximum absolute atomic E-state index is 13.9. The van der Waals surface area contributed by atoms with Crippen LogP contribution in [0.4, 0.5) is 4.39 Å². The zero-order valence-electron chi connectivity index (χ0n) is 17.1. The molecule has 4 rings (SSSR count). The van der Waals surface area contributed by atoms with Crippen LogP contribution < -0.4 is 16.0 Å². The van der Waals surface area contributed by atoms with Gasteiger partial charge in [-0.2, -0.15) is 0 Å². The van der Waals surface area contributed by atoms with Crippen molar-refractivity contribution in [3.05, 3.63) is 87.1 Å². The Balaban J connectivity index is 1.95. The molecule has 0 fully saturated rings. The molecule has 0 saturated carbocycles. The van der Waals surface area contributed by atoms with Gasteiger partial charge >= 0.3 is 5.69 Å². The second-order valence-electron chi connectivity index (χ2n) is 6.94. The second kappa shape index (κ2) is 8.57. The first-order valence-electron chi connectivity index (χ1n) is 9.62. The van der Waals surface area contributed by atoms with Crippen LogP contribution in [-0.4, -0.2) is 39.5 Å². The molecule has 31 heavy (non-hydrogen) atoms. The SMILES string of the molecule is COCCn1c(=O)c2c(ncn2Cc2cccc(OC)c2)n(-c2cccc(F)c2)c1=O. The van der Waals surface area contributed by atoms with E-state index in [0.717, 1.165) is 10.1 Å². The molecule has 0 bridgehead atoms. The summed E-state index contributed by atoms with van der Waals surface area (Å²) in [5.41, 5.74) is 0.495. The molecule has 0 amide bonds. The number of ether oxygens (including phenoxy) is 2. The van der Waals surface area contributed by atoms with Crippen molar-refractivity contribution in [2.45, 2.75) is 13.1 Å². The summed E-state index contributed by atoms with van der Waals surface area (Å²) in [5.74, 6) is 0.194. The van der Waals surface area contributed by atoms with Gasteiger partial charge in [0.2, 0.25) is 0 Å². The Morgan fingerprint density at radius 3 is 2.61 bits per heavy atom. The first-order valence-corrected chi connectivity index (χ1v) is 9.62. The molecule has 0 spiro atoms. The normalized spacial score (nSPS) is 11.2. The smallest absolute Gasteiger partial charge is 0.337 e. The number of benzene rings is 2. The fourth-order valence-corrected chi connectivity index (χ4v) is 3.49. The maximum Gasteiger partial charge on any atom is 0.337 e. The lowest BCUT2D eigenvalue weighted by atomic mass is 10.2. The highest BCUT2D eigenvalue weighted by Crippen LogP contribution is 2.17. The largest absolute Gasteiger partial charge is 0.497 e. The lowest BCUT2D eigenvalue weighted by molar-refractivity contribution is 0.184. The van der Waals surface area contributed by atoms with Gasteiger partial charge in [0.1, 0.15) is 11.6 Å². The average Bonchev–Trinajstić information content (AvgIpc) is 3.17. The molecular weight excluding hydrogens is 403 g/mol. The first kappa shape index (κ1) is 20.5. The Bertz CT molecular complexity index is 1360. The lowest BCUT2D eigenvalue weighted by Gasteiger charge is -2.13. The first-order chi connectivity index (χ1) is 15.0. The van der Waals surface area contributed by atoms with Crippen LogP contribution in [-0.2, 0) is 17.8 Å². The summed E-state index contributed by atoms with van der Waals surface area (Å²) in [4.78, 5) is 30.7. The minimum absolute atomic E-state index is 0.0593. The molecule has 2 heterocycles. The predicted molar refractivity (Wildman–Crippen MR) is 114 cm³/mol. The number of rotatable bonds is 7. The Hall–Kier alpha value is -3.72. The fourth-order valence-electron chi connectivity index (χ4n) is 3.49. The number of hydrogen-bond donors (Lipinski definition) is 0. The molecule has 0 N–H and O–H groups in total. The highest BCUT2D eigenvalue weighted by molar-refractivity contribution is 5.72. The summed E-state index contributed by atoms with van der Waals surface area (Å²) < 4.78 is 28.2. The van der Waals surface area contributed by atoms with Crippen LogP contribution in [0, 0.1) is 5.82 Å². The highest BCUT2D eigenvalue weighted by Gasteiger charge is 2.19. The minimum atomic E-state index is -0.605. The van der Waals surface area contributed by atoms with Crippen molar-refractivity contribution in [1.29, 1.82) is 0 Å². The highest BCUT2D eigenvalue weighted by atomic mass is 19.1. The molecule has 2 aromatic heterocycles. The summed E-state index contributed by atoms with van der Waals surface area (Å²) in [6, 6.07) is 13.1. The van der Waals surface area contributed by atoms with E-state index in [1.54, 1.807) is 17.7 Å². The molecule has 0 saturated heterocycles. The number of nitrogens with zero attached hydrogens (tertiary/aromatic N) is 4. The standard InChI is InChI=1S/C22H21FN4O4/c1-30-10-9-26-21(28)19-20(27(22(26)29)17-7-4-6-16(23)12-17)24-14-25(19)13-15-5-3-8-18(11-15)31-2/h3-8,11-12,14H,9-10,13H2,1-2H3. The van der Waals surface area contributed by atoms with E-state index in [0.29, 0.717) is 12.3 Å². The number of hydrogen-bond acceptors (Lipinski definition) is 5. The Morgan fingerprint density at radius 2 is 1.87 bits per heavy atom. The second-order valence-corrected chi connectivity index (χ2v) is 6.94.